The Morgan fingerprint density at radius 3 is 2.84 bits per heavy atom. The lowest BCUT2D eigenvalue weighted by molar-refractivity contribution is 0.223. The quantitative estimate of drug-likeness (QED) is 0.815. The van der Waals surface area contributed by atoms with Crippen LogP contribution in [0.15, 0.2) is 30.5 Å². The second kappa shape index (κ2) is 6.19. The molecule has 4 nitrogen and oxygen atoms in total. The molecule has 0 bridgehead atoms. The minimum atomic E-state index is -0.155. The van der Waals surface area contributed by atoms with Gasteiger partial charge in [-0.1, -0.05) is 18.2 Å². The summed E-state index contributed by atoms with van der Waals surface area (Å²) in [5.41, 5.74) is 8.38. The van der Waals surface area contributed by atoms with Crippen molar-refractivity contribution in [2.24, 2.45) is 12.8 Å². The number of aliphatic hydroxyl groups is 1. The van der Waals surface area contributed by atoms with E-state index in [9.17, 15) is 0 Å². The third-order valence-corrected chi connectivity index (χ3v) is 3.52. The van der Waals surface area contributed by atoms with Crippen LogP contribution in [0, 0.1) is 0 Å². The van der Waals surface area contributed by atoms with E-state index in [2.05, 4.69) is 47.0 Å². The minimum Gasteiger partial charge on any atom is -0.395 e. The lowest BCUT2D eigenvalue weighted by Gasteiger charge is -2.19. The predicted molar refractivity (Wildman–Crippen MR) is 79.2 cm³/mol. The molecule has 4 heteroatoms. The zero-order chi connectivity index (χ0) is 13.8. The molecule has 0 radical (unpaired) electrons. The van der Waals surface area contributed by atoms with Gasteiger partial charge < -0.3 is 20.3 Å². The highest BCUT2D eigenvalue weighted by atomic mass is 16.3. The predicted octanol–water partition coefficient (Wildman–Crippen LogP) is 0.972. The van der Waals surface area contributed by atoms with E-state index in [0.29, 0.717) is 0 Å². The molecule has 1 aromatic heterocycles. The smallest absolute Gasteiger partial charge is 0.0595 e. The molecule has 1 aromatic carbocycles. The topological polar surface area (TPSA) is 54.4 Å². The Kier molecular flexibility index (Phi) is 4.58. The summed E-state index contributed by atoms with van der Waals surface area (Å²) in [4.78, 5) is 2.17. The number of nitrogens with zero attached hydrogens (tertiary/aromatic N) is 2. The van der Waals surface area contributed by atoms with Crippen molar-refractivity contribution in [3.63, 3.8) is 0 Å². The Balaban J connectivity index is 2.02. The molecule has 19 heavy (non-hydrogen) atoms. The Morgan fingerprint density at radius 2 is 2.11 bits per heavy atom. The lowest BCUT2D eigenvalue weighted by Crippen LogP contribution is -2.38. The number of fused-ring (bicyclic) bond motifs is 1. The molecule has 104 valence electrons. The first-order chi connectivity index (χ1) is 9.11. The summed E-state index contributed by atoms with van der Waals surface area (Å²) < 4.78 is 2.17. The van der Waals surface area contributed by atoms with Gasteiger partial charge in [-0.15, -0.1) is 0 Å². The molecule has 1 heterocycles. The Hall–Kier alpha value is -1.36. The van der Waals surface area contributed by atoms with Crippen molar-refractivity contribution >= 4 is 10.9 Å². The van der Waals surface area contributed by atoms with Crippen LogP contribution in [-0.2, 0) is 13.5 Å². The molecule has 1 atom stereocenters. The first kappa shape index (κ1) is 14.1. The van der Waals surface area contributed by atoms with E-state index < -0.39 is 0 Å². The zero-order valence-corrected chi connectivity index (χ0v) is 11.7. The highest BCUT2D eigenvalue weighted by molar-refractivity contribution is 5.83. The van der Waals surface area contributed by atoms with Gasteiger partial charge in [-0.05, 0) is 25.1 Å². The SMILES string of the molecule is CN(CCc1cn(C)c2ccccc12)CC(N)CO. The average molecular weight is 261 g/mol. The normalized spacial score (nSPS) is 13.3. The van der Waals surface area contributed by atoms with Gasteiger partial charge in [-0.3, -0.25) is 0 Å². The fourth-order valence-corrected chi connectivity index (χ4v) is 2.49. The van der Waals surface area contributed by atoms with E-state index in [1.165, 1.54) is 16.5 Å². The number of nitrogens with two attached hydrogens (primary N) is 1. The number of benzene rings is 1. The van der Waals surface area contributed by atoms with Gasteiger partial charge in [0.15, 0.2) is 0 Å². The first-order valence-corrected chi connectivity index (χ1v) is 6.69. The molecule has 2 aromatic rings. The van der Waals surface area contributed by atoms with Crippen LogP contribution in [-0.4, -0.2) is 47.4 Å². The van der Waals surface area contributed by atoms with E-state index >= 15 is 0 Å². The Morgan fingerprint density at radius 1 is 1.37 bits per heavy atom. The number of likely N-dealkylation sites (N-methyl/N-ethyl adjacent to an activating group) is 1. The van der Waals surface area contributed by atoms with Crippen molar-refractivity contribution < 1.29 is 5.11 Å². The lowest BCUT2D eigenvalue weighted by atomic mass is 10.1. The average Bonchev–Trinajstić information content (AvgIpc) is 2.74. The van der Waals surface area contributed by atoms with Gasteiger partial charge >= 0.3 is 0 Å². The molecule has 0 spiro atoms. The third-order valence-electron chi connectivity index (χ3n) is 3.52. The zero-order valence-electron chi connectivity index (χ0n) is 11.7. The van der Waals surface area contributed by atoms with Crippen LogP contribution in [0.1, 0.15) is 5.56 Å². The van der Waals surface area contributed by atoms with Gasteiger partial charge in [-0.2, -0.15) is 0 Å². The van der Waals surface area contributed by atoms with Crippen LogP contribution < -0.4 is 5.73 Å². The van der Waals surface area contributed by atoms with Crippen molar-refractivity contribution in [3.05, 3.63) is 36.0 Å². The fourth-order valence-electron chi connectivity index (χ4n) is 2.49. The molecule has 0 aliphatic carbocycles. The van der Waals surface area contributed by atoms with Gasteiger partial charge in [0.25, 0.3) is 0 Å². The molecule has 0 saturated heterocycles. The van der Waals surface area contributed by atoms with Crippen LogP contribution in [0.5, 0.6) is 0 Å². The highest BCUT2D eigenvalue weighted by Gasteiger charge is 2.09. The third kappa shape index (κ3) is 3.35. The van der Waals surface area contributed by atoms with Gasteiger partial charge in [0.05, 0.1) is 6.61 Å². The van der Waals surface area contributed by atoms with Crippen molar-refractivity contribution in [2.75, 3.05) is 26.7 Å². The molecule has 2 rings (SSSR count). The molecule has 0 aliphatic heterocycles. The van der Waals surface area contributed by atoms with E-state index in [0.717, 1.165) is 19.5 Å². The fraction of sp³-hybridized carbons (Fsp3) is 0.467. The molecular weight excluding hydrogens is 238 g/mol. The van der Waals surface area contributed by atoms with Crippen LogP contribution in [0.2, 0.25) is 0 Å². The second-order valence-corrected chi connectivity index (χ2v) is 5.24. The number of para-hydroxylation sites is 1. The number of aliphatic hydroxyl groups excluding tert-OH is 1. The van der Waals surface area contributed by atoms with Crippen molar-refractivity contribution in [1.82, 2.24) is 9.47 Å². The summed E-state index contributed by atoms with van der Waals surface area (Å²) >= 11 is 0. The van der Waals surface area contributed by atoms with Gasteiger partial charge in [0.2, 0.25) is 0 Å². The van der Waals surface area contributed by atoms with Gasteiger partial charge in [-0.25, -0.2) is 0 Å². The summed E-state index contributed by atoms with van der Waals surface area (Å²) in [5, 5.41) is 10.3. The van der Waals surface area contributed by atoms with Gasteiger partial charge in [0, 0.05) is 43.3 Å². The summed E-state index contributed by atoms with van der Waals surface area (Å²) in [6.07, 6.45) is 3.19. The molecular formula is C15H23N3O. The molecule has 0 saturated carbocycles. The van der Waals surface area contributed by atoms with E-state index in [1.807, 2.05) is 7.05 Å². The maximum Gasteiger partial charge on any atom is 0.0595 e. The summed E-state index contributed by atoms with van der Waals surface area (Å²) in [6, 6.07) is 8.31. The Bertz CT molecular complexity index is 535. The van der Waals surface area contributed by atoms with Crippen LogP contribution in [0.3, 0.4) is 0 Å². The minimum absolute atomic E-state index is 0.0403. The summed E-state index contributed by atoms with van der Waals surface area (Å²) in [5.74, 6) is 0. The molecule has 3 N–H and O–H groups in total. The number of aromatic nitrogens is 1. The summed E-state index contributed by atoms with van der Waals surface area (Å²) in [7, 11) is 4.12. The highest BCUT2D eigenvalue weighted by Crippen LogP contribution is 2.20. The van der Waals surface area contributed by atoms with Crippen LogP contribution in [0.4, 0.5) is 0 Å². The monoisotopic (exact) mass is 261 g/mol. The summed E-state index contributed by atoms with van der Waals surface area (Å²) in [6.45, 7) is 1.71. The van der Waals surface area contributed by atoms with Crippen molar-refractivity contribution in [3.8, 4) is 0 Å². The van der Waals surface area contributed by atoms with E-state index in [4.69, 9.17) is 10.8 Å². The molecule has 1 unspecified atom stereocenters. The largest absolute Gasteiger partial charge is 0.395 e. The molecule has 0 amide bonds. The van der Waals surface area contributed by atoms with Crippen molar-refractivity contribution in [2.45, 2.75) is 12.5 Å². The van der Waals surface area contributed by atoms with Crippen molar-refractivity contribution in [1.29, 1.82) is 0 Å². The van der Waals surface area contributed by atoms with Gasteiger partial charge in [0.1, 0.15) is 0 Å². The van der Waals surface area contributed by atoms with E-state index in [-0.39, 0.29) is 12.6 Å². The maximum absolute atomic E-state index is 8.96. The van der Waals surface area contributed by atoms with E-state index in [1.54, 1.807) is 0 Å². The first-order valence-electron chi connectivity index (χ1n) is 6.69. The number of rotatable bonds is 6. The Labute approximate surface area is 114 Å². The number of hydrogen-bond acceptors (Lipinski definition) is 3. The number of aryl methyl sites for hydroxylation is 1. The maximum atomic E-state index is 8.96. The van der Waals surface area contributed by atoms with Crippen LogP contribution in [0.25, 0.3) is 10.9 Å². The van der Waals surface area contributed by atoms with Crippen LogP contribution >= 0.6 is 0 Å². The number of hydrogen-bond donors (Lipinski definition) is 2. The molecule has 0 aliphatic rings. The second-order valence-electron chi connectivity index (χ2n) is 5.24. The molecule has 0 fully saturated rings. The standard InChI is InChI=1S/C15H23N3O/c1-17(10-13(16)11-19)8-7-12-9-18(2)15-6-4-3-5-14(12)15/h3-6,9,13,19H,7-8,10-11,16H2,1-2H3.